The molecular formula is C27H28Cl2N6O. The first-order chi connectivity index (χ1) is 17.6. The Morgan fingerprint density at radius 3 is 1.44 bits per heavy atom. The summed E-state index contributed by atoms with van der Waals surface area (Å²) in [5, 5.41) is 14.8. The van der Waals surface area contributed by atoms with E-state index >= 15 is 0 Å². The largest absolute Gasteiger partial charge is 0.368 e. The summed E-state index contributed by atoms with van der Waals surface area (Å²) in [6.07, 6.45) is 3.11. The second-order valence-corrected chi connectivity index (χ2v) is 10.2. The fraction of sp³-hybridized carbons (Fsp3) is 0.333. The van der Waals surface area contributed by atoms with Crippen LogP contribution in [-0.2, 0) is 0 Å². The molecule has 186 valence electrons. The summed E-state index contributed by atoms with van der Waals surface area (Å²) in [4.78, 5) is 18.0. The van der Waals surface area contributed by atoms with Crippen LogP contribution in [0.5, 0.6) is 0 Å². The molecule has 0 saturated carbocycles. The van der Waals surface area contributed by atoms with Gasteiger partial charge in [0, 0.05) is 96.9 Å². The van der Waals surface area contributed by atoms with E-state index in [1.54, 1.807) is 0 Å². The van der Waals surface area contributed by atoms with Gasteiger partial charge in [-0.1, -0.05) is 23.2 Å². The zero-order chi connectivity index (χ0) is 24.6. The fourth-order valence-electron chi connectivity index (χ4n) is 5.38. The molecule has 6 rings (SSSR count). The molecule has 4 aromatic rings. The Kier molecular flexibility index (Phi) is 6.58. The molecule has 36 heavy (non-hydrogen) atoms. The van der Waals surface area contributed by atoms with Crippen molar-refractivity contribution >= 4 is 56.4 Å². The molecule has 1 N–H and O–H groups in total. The molecule has 2 aromatic heterocycles. The quantitative estimate of drug-likeness (QED) is 0.428. The van der Waals surface area contributed by atoms with Crippen LogP contribution in [0.1, 0.15) is 0 Å². The van der Waals surface area contributed by atoms with Gasteiger partial charge in [0.25, 0.3) is 0 Å². The maximum absolute atomic E-state index is 11.2. The Morgan fingerprint density at radius 1 is 0.611 bits per heavy atom. The predicted molar refractivity (Wildman–Crippen MR) is 147 cm³/mol. The van der Waals surface area contributed by atoms with Crippen LogP contribution in [0.2, 0.25) is 10.0 Å². The monoisotopic (exact) mass is 522 g/mol. The van der Waals surface area contributed by atoms with Gasteiger partial charge in [-0.25, -0.2) is 0 Å². The van der Waals surface area contributed by atoms with E-state index in [1.165, 1.54) is 11.4 Å². The van der Waals surface area contributed by atoms with Gasteiger partial charge < -0.3 is 14.9 Å². The first kappa shape index (κ1) is 23.7. The number of aliphatic hydroxyl groups excluding tert-OH is 1. The van der Waals surface area contributed by atoms with E-state index in [4.69, 9.17) is 23.2 Å². The molecule has 2 aliphatic heterocycles. The molecule has 2 aliphatic rings. The number of halogens is 2. The Labute approximate surface area is 220 Å². The third-order valence-electron chi connectivity index (χ3n) is 7.33. The van der Waals surface area contributed by atoms with Crippen molar-refractivity contribution < 1.29 is 5.11 Å². The average molecular weight is 523 g/mol. The Bertz CT molecular complexity index is 1280. The van der Waals surface area contributed by atoms with Crippen molar-refractivity contribution in [3.8, 4) is 0 Å². The number of piperazine rings is 2. The lowest BCUT2D eigenvalue weighted by Gasteiger charge is -2.45. The van der Waals surface area contributed by atoms with E-state index in [0.29, 0.717) is 10.0 Å². The van der Waals surface area contributed by atoms with Crippen molar-refractivity contribution in [2.24, 2.45) is 0 Å². The van der Waals surface area contributed by atoms with Crippen molar-refractivity contribution in [3.05, 3.63) is 71.0 Å². The zero-order valence-electron chi connectivity index (χ0n) is 19.9. The Hall–Kier alpha value is -2.68. The van der Waals surface area contributed by atoms with Gasteiger partial charge in [0.2, 0.25) is 0 Å². The minimum absolute atomic E-state index is 0.574. The van der Waals surface area contributed by atoms with Gasteiger partial charge in [-0.2, -0.15) is 0 Å². The standard InChI is InChI=1S/C27H28Cl2N6O/c28-19-1-3-21-23(17-19)30-7-5-25(21)32-9-13-34(14-10-32)27(36)35-15-11-33(12-16-35)26-6-8-31-24-18-20(29)2-4-22(24)26/h1-8,17-18,27,36H,9-16H2. The lowest BCUT2D eigenvalue weighted by Crippen LogP contribution is -2.59. The van der Waals surface area contributed by atoms with E-state index in [1.807, 2.05) is 48.8 Å². The maximum Gasteiger partial charge on any atom is 0.165 e. The normalized spacial score (nSPS) is 18.0. The summed E-state index contributed by atoms with van der Waals surface area (Å²) in [6, 6.07) is 15.9. The highest BCUT2D eigenvalue weighted by Gasteiger charge is 2.30. The highest BCUT2D eigenvalue weighted by molar-refractivity contribution is 6.31. The molecule has 0 aliphatic carbocycles. The molecule has 2 aromatic carbocycles. The van der Waals surface area contributed by atoms with Crippen LogP contribution in [0.4, 0.5) is 11.4 Å². The van der Waals surface area contributed by atoms with Gasteiger partial charge in [0.15, 0.2) is 6.35 Å². The van der Waals surface area contributed by atoms with Crippen molar-refractivity contribution in [2.45, 2.75) is 6.35 Å². The van der Waals surface area contributed by atoms with Crippen LogP contribution in [0.3, 0.4) is 0 Å². The molecule has 0 unspecified atom stereocenters. The number of nitrogens with zero attached hydrogens (tertiary/aromatic N) is 6. The van der Waals surface area contributed by atoms with Crippen LogP contribution in [0.15, 0.2) is 60.9 Å². The summed E-state index contributed by atoms with van der Waals surface area (Å²) in [5.74, 6) is 0. The van der Waals surface area contributed by atoms with Gasteiger partial charge >= 0.3 is 0 Å². The molecule has 0 atom stereocenters. The highest BCUT2D eigenvalue weighted by atomic mass is 35.5. The number of hydrogen-bond acceptors (Lipinski definition) is 7. The number of aromatic nitrogens is 2. The number of anilines is 2. The Balaban J connectivity index is 1.08. The van der Waals surface area contributed by atoms with E-state index in [-0.39, 0.29) is 0 Å². The van der Waals surface area contributed by atoms with E-state index in [9.17, 15) is 5.11 Å². The lowest BCUT2D eigenvalue weighted by molar-refractivity contribution is -0.115. The first-order valence-corrected chi connectivity index (χ1v) is 13.1. The van der Waals surface area contributed by atoms with Crippen LogP contribution >= 0.6 is 23.2 Å². The molecular weight excluding hydrogens is 495 g/mol. The zero-order valence-corrected chi connectivity index (χ0v) is 21.4. The molecule has 0 bridgehead atoms. The molecule has 7 nitrogen and oxygen atoms in total. The number of hydrogen-bond donors (Lipinski definition) is 1. The summed E-state index contributed by atoms with van der Waals surface area (Å²) in [5.41, 5.74) is 4.16. The smallest absolute Gasteiger partial charge is 0.165 e. The van der Waals surface area contributed by atoms with Crippen molar-refractivity contribution in [1.29, 1.82) is 0 Å². The topological polar surface area (TPSA) is 59.0 Å². The highest BCUT2D eigenvalue weighted by Crippen LogP contribution is 2.30. The number of aliphatic hydroxyl groups is 1. The second-order valence-electron chi connectivity index (χ2n) is 9.38. The molecule has 9 heteroatoms. The van der Waals surface area contributed by atoms with E-state index in [0.717, 1.165) is 74.2 Å². The number of rotatable bonds is 4. The van der Waals surface area contributed by atoms with Gasteiger partial charge in [-0.05, 0) is 48.5 Å². The number of fused-ring (bicyclic) bond motifs is 2. The van der Waals surface area contributed by atoms with E-state index in [2.05, 4.69) is 41.7 Å². The molecule has 0 spiro atoms. The molecule has 0 radical (unpaired) electrons. The molecule has 2 saturated heterocycles. The number of pyridine rings is 2. The van der Waals surface area contributed by atoms with Crippen molar-refractivity contribution in [3.63, 3.8) is 0 Å². The van der Waals surface area contributed by atoms with Gasteiger partial charge in [0.1, 0.15) is 0 Å². The van der Waals surface area contributed by atoms with Gasteiger partial charge in [0.05, 0.1) is 11.0 Å². The van der Waals surface area contributed by atoms with Gasteiger partial charge in [-0.3, -0.25) is 19.8 Å². The van der Waals surface area contributed by atoms with Crippen LogP contribution in [0.25, 0.3) is 21.8 Å². The van der Waals surface area contributed by atoms with Crippen molar-refractivity contribution in [2.75, 3.05) is 62.2 Å². The fourth-order valence-corrected chi connectivity index (χ4v) is 5.71. The van der Waals surface area contributed by atoms with Crippen LogP contribution in [0, 0.1) is 0 Å². The predicted octanol–water partition coefficient (Wildman–Crippen LogP) is 4.31. The van der Waals surface area contributed by atoms with Crippen LogP contribution < -0.4 is 9.80 Å². The molecule has 0 amide bonds. The Morgan fingerprint density at radius 2 is 1.03 bits per heavy atom. The summed E-state index contributed by atoms with van der Waals surface area (Å²) >= 11 is 12.3. The third kappa shape index (κ3) is 4.58. The van der Waals surface area contributed by atoms with Gasteiger partial charge in [-0.15, -0.1) is 0 Å². The summed E-state index contributed by atoms with van der Waals surface area (Å²) in [6.45, 7) is 6.61. The summed E-state index contributed by atoms with van der Waals surface area (Å²) < 4.78 is 0. The van der Waals surface area contributed by atoms with Crippen LogP contribution in [-0.4, -0.2) is 83.6 Å². The van der Waals surface area contributed by atoms with E-state index < -0.39 is 6.35 Å². The third-order valence-corrected chi connectivity index (χ3v) is 7.80. The summed E-state index contributed by atoms with van der Waals surface area (Å²) in [7, 11) is 0. The SMILES string of the molecule is OC(N1CCN(c2ccnc3cc(Cl)ccc23)CC1)N1CCN(c2ccnc3cc(Cl)ccc23)CC1. The second kappa shape index (κ2) is 10.00. The maximum atomic E-state index is 11.2. The lowest BCUT2D eigenvalue weighted by atomic mass is 10.1. The molecule has 4 heterocycles. The minimum atomic E-state index is -0.574. The minimum Gasteiger partial charge on any atom is -0.368 e. The first-order valence-electron chi connectivity index (χ1n) is 12.3. The van der Waals surface area contributed by atoms with Crippen molar-refractivity contribution in [1.82, 2.24) is 19.8 Å². The average Bonchev–Trinajstić information content (AvgIpc) is 2.92. The molecule has 2 fully saturated rings. The number of benzene rings is 2.